The molecule has 2 heteroatoms. The van der Waals surface area contributed by atoms with Crippen molar-refractivity contribution in [3.63, 3.8) is 0 Å². The van der Waals surface area contributed by atoms with E-state index in [1.54, 1.807) is 0 Å². The SMILES string of the molecule is C=CCCCCCCCC=C1OC(=O)c2ccccc21. The van der Waals surface area contributed by atoms with Crippen LogP contribution in [0.4, 0.5) is 0 Å². The Morgan fingerprint density at radius 3 is 2.35 bits per heavy atom. The standard InChI is InChI=1S/C18H22O2/c1-2-3-4-5-6-7-8-9-14-17-15-12-10-11-13-16(15)18(19)20-17/h2,10-14H,1,3-9H2. The summed E-state index contributed by atoms with van der Waals surface area (Å²) in [6.07, 6.45) is 12.3. The third-order valence-corrected chi connectivity index (χ3v) is 3.56. The first-order chi connectivity index (χ1) is 9.83. The molecule has 0 fully saturated rings. The van der Waals surface area contributed by atoms with Crippen molar-refractivity contribution in [3.05, 3.63) is 54.1 Å². The molecule has 106 valence electrons. The number of carbonyl (C=O) groups excluding carboxylic acids is 1. The van der Waals surface area contributed by atoms with Gasteiger partial charge in [0.25, 0.3) is 0 Å². The van der Waals surface area contributed by atoms with Gasteiger partial charge in [-0.05, 0) is 37.8 Å². The molecule has 1 aliphatic rings. The van der Waals surface area contributed by atoms with Crippen LogP contribution in [0.5, 0.6) is 0 Å². The van der Waals surface area contributed by atoms with Crippen molar-refractivity contribution in [2.75, 3.05) is 0 Å². The number of allylic oxidation sites excluding steroid dienone is 2. The van der Waals surface area contributed by atoms with Gasteiger partial charge in [-0.1, -0.05) is 43.5 Å². The molecule has 20 heavy (non-hydrogen) atoms. The zero-order valence-corrected chi connectivity index (χ0v) is 11.9. The van der Waals surface area contributed by atoms with Crippen molar-refractivity contribution in [3.8, 4) is 0 Å². The molecule has 1 aromatic carbocycles. The van der Waals surface area contributed by atoms with Crippen molar-refractivity contribution < 1.29 is 9.53 Å². The van der Waals surface area contributed by atoms with Crippen LogP contribution >= 0.6 is 0 Å². The average molecular weight is 270 g/mol. The van der Waals surface area contributed by atoms with Crippen LogP contribution in [-0.2, 0) is 4.74 Å². The van der Waals surface area contributed by atoms with E-state index in [1.807, 2.05) is 36.4 Å². The van der Waals surface area contributed by atoms with Crippen LogP contribution in [0.15, 0.2) is 43.0 Å². The average Bonchev–Trinajstić information content (AvgIpc) is 2.79. The van der Waals surface area contributed by atoms with E-state index in [0.717, 1.165) is 30.6 Å². The Morgan fingerprint density at radius 1 is 0.950 bits per heavy atom. The lowest BCUT2D eigenvalue weighted by Gasteiger charge is -2.00. The molecule has 0 saturated heterocycles. The third kappa shape index (κ3) is 3.83. The van der Waals surface area contributed by atoms with E-state index < -0.39 is 0 Å². The number of hydrogen-bond donors (Lipinski definition) is 0. The van der Waals surface area contributed by atoms with Crippen molar-refractivity contribution >= 4 is 11.7 Å². The Bertz CT molecular complexity index is 500. The molecular formula is C18H22O2. The minimum atomic E-state index is -0.226. The van der Waals surface area contributed by atoms with E-state index in [9.17, 15) is 4.79 Å². The van der Waals surface area contributed by atoms with Gasteiger partial charge < -0.3 is 4.74 Å². The number of rotatable bonds is 8. The van der Waals surface area contributed by atoms with Crippen LogP contribution in [0.2, 0.25) is 0 Å². The van der Waals surface area contributed by atoms with Crippen molar-refractivity contribution in [1.82, 2.24) is 0 Å². The predicted octanol–water partition coefficient (Wildman–Crippen LogP) is 5.11. The largest absolute Gasteiger partial charge is 0.423 e. The molecule has 1 heterocycles. The van der Waals surface area contributed by atoms with Crippen molar-refractivity contribution in [2.45, 2.75) is 44.9 Å². The Balaban J connectivity index is 1.74. The van der Waals surface area contributed by atoms with Gasteiger partial charge in [-0.15, -0.1) is 6.58 Å². The van der Waals surface area contributed by atoms with Crippen molar-refractivity contribution in [2.24, 2.45) is 0 Å². The molecule has 0 spiro atoms. The first-order valence-electron chi connectivity index (χ1n) is 7.45. The Labute approximate surface area is 121 Å². The molecule has 0 unspecified atom stereocenters. The zero-order chi connectivity index (χ0) is 14.2. The summed E-state index contributed by atoms with van der Waals surface area (Å²) >= 11 is 0. The molecule has 0 saturated carbocycles. The Morgan fingerprint density at radius 2 is 1.60 bits per heavy atom. The van der Waals surface area contributed by atoms with E-state index in [-0.39, 0.29) is 5.97 Å². The highest BCUT2D eigenvalue weighted by atomic mass is 16.5. The molecule has 0 radical (unpaired) electrons. The van der Waals surface area contributed by atoms with Crippen LogP contribution in [0.3, 0.4) is 0 Å². The van der Waals surface area contributed by atoms with Gasteiger partial charge in [-0.25, -0.2) is 4.79 Å². The lowest BCUT2D eigenvalue weighted by Crippen LogP contribution is -1.92. The lowest BCUT2D eigenvalue weighted by molar-refractivity contribution is 0.0715. The summed E-state index contributed by atoms with van der Waals surface area (Å²) in [5, 5.41) is 0. The third-order valence-electron chi connectivity index (χ3n) is 3.56. The molecule has 0 bridgehead atoms. The summed E-state index contributed by atoms with van der Waals surface area (Å²) in [6, 6.07) is 7.57. The highest BCUT2D eigenvalue weighted by molar-refractivity contribution is 6.02. The normalized spacial score (nSPS) is 15.2. The predicted molar refractivity (Wildman–Crippen MR) is 82.4 cm³/mol. The molecule has 0 aromatic heterocycles. The fraction of sp³-hybridized carbons (Fsp3) is 0.389. The number of esters is 1. The van der Waals surface area contributed by atoms with E-state index in [2.05, 4.69) is 6.58 Å². The topological polar surface area (TPSA) is 26.3 Å². The monoisotopic (exact) mass is 270 g/mol. The maximum atomic E-state index is 11.6. The Kier molecular flexibility index (Phi) is 5.60. The van der Waals surface area contributed by atoms with Gasteiger partial charge in [-0.2, -0.15) is 0 Å². The summed E-state index contributed by atoms with van der Waals surface area (Å²) in [6.45, 7) is 3.73. The van der Waals surface area contributed by atoms with Crippen LogP contribution in [0.25, 0.3) is 5.76 Å². The number of ether oxygens (including phenoxy) is 1. The molecular weight excluding hydrogens is 248 g/mol. The molecule has 0 aliphatic carbocycles. The molecule has 0 N–H and O–H groups in total. The fourth-order valence-corrected chi connectivity index (χ4v) is 2.43. The van der Waals surface area contributed by atoms with Gasteiger partial charge in [0.05, 0.1) is 5.56 Å². The molecule has 2 nitrogen and oxygen atoms in total. The summed E-state index contributed by atoms with van der Waals surface area (Å²) < 4.78 is 5.30. The second-order valence-corrected chi connectivity index (χ2v) is 5.14. The lowest BCUT2D eigenvalue weighted by atomic mass is 10.1. The highest BCUT2D eigenvalue weighted by Gasteiger charge is 2.24. The van der Waals surface area contributed by atoms with Gasteiger partial charge >= 0.3 is 5.97 Å². The Hall–Kier alpha value is -1.83. The van der Waals surface area contributed by atoms with Gasteiger partial charge in [-0.3, -0.25) is 0 Å². The summed E-state index contributed by atoms with van der Waals surface area (Å²) in [4.78, 5) is 11.6. The molecule has 0 amide bonds. The zero-order valence-electron chi connectivity index (χ0n) is 11.9. The van der Waals surface area contributed by atoms with Crippen LogP contribution in [0, 0.1) is 0 Å². The van der Waals surface area contributed by atoms with Crippen LogP contribution in [0.1, 0.15) is 60.9 Å². The molecule has 1 aliphatic heterocycles. The minimum absolute atomic E-state index is 0.226. The quantitative estimate of drug-likeness (QED) is 0.372. The first-order valence-corrected chi connectivity index (χ1v) is 7.45. The fourth-order valence-electron chi connectivity index (χ4n) is 2.43. The summed E-state index contributed by atoms with van der Waals surface area (Å²) in [7, 11) is 0. The first kappa shape index (κ1) is 14.6. The maximum absolute atomic E-state index is 11.6. The summed E-state index contributed by atoms with van der Waals surface area (Å²) in [5.41, 5.74) is 1.62. The van der Waals surface area contributed by atoms with E-state index in [4.69, 9.17) is 4.74 Å². The molecule has 2 rings (SSSR count). The molecule has 0 atom stereocenters. The number of cyclic esters (lactones) is 1. The molecule has 1 aromatic rings. The van der Waals surface area contributed by atoms with E-state index in [1.165, 1.54) is 25.7 Å². The van der Waals surface area contributed by atoms with Crippen LogP contribution in [-0.4, -0.2) is 5.97 Å². The highest BCUT2D eigenvalue weighted by Crippen LogP contribution is 2.29. The smallest absolute Gasteiger partial charge is 0.344 e. The number of unbranched alkanes of at least 4 members (excludes halogenated alkanes) is 6. The van der Waals surface area contributed by atoms with Gasteiger partial charge in [0, 0.05) is 5.56 Å². The second-order valence-electron chi connectivity index (χ2n) is 5.14. The van der Waals surface area contributed by atoms with Crippen LogP contribution < -0.4 is 0 Å². The van der Waals surface area contributed by atoms with Crippen molar-refractivity contribution in [1.29, 1.82) is 0 Å². The summed E-state index contributed by atoms with van der Waals surface area (Å²) in [5.74, 6) is 0.508. The van der Waals surface area contributed by atoms with E-state index >= 15 is 0 Å². The van der Waals surface area contributed by atoms with Gasteiger partial charge in [0.2, 0.25) is 0 Å². The maximum Gasteiger partial charge on any atom is 0.344 e. The van der Waals surface area contributed by atoms with E-state index in [0.29, 0.717) is 5.56 Å². The van der Waals surface area contributed by atoms with Gasteiger partial charge in [0.15, 0.2) is 0 Å². The number of carbonyl (C=O) groups is 1. The second kappa shape index (κ2) is 7.68. The number of benzene rings is 1. The number of fused-ring (bicyclic) bond motifs is 1. The minimum Gasteiger partial charge on any atom is -0.423 e. The number of hydrogen-bond acceptors (Lipinski definition) is 2. The van der Waals surface area contributed by atoms with Gasteiger partial charge in [0.1, 0.15) is 5.76 Å².